The van der Waals surface area contributed by atoms with Crippen molar-refractivity contribution in [2.75, 3.05) is 31.1 Å². The number of piperazine rings is 1. The maximum atomic E-state index is 11.3. The van der Waals surface area contributed by atoms with Crippen molar-refractivity contribution in [2.24, 2.45) is 0 Å². The van der Waals surface area contributed by atoms with Gasteiger partial charge in [0.2, 0.25) is 5.91 Å². The molecule has 0 aromatic carbocycles. The van der Waals surface area contributed by atoms with Gasteiger partial charge in [0.1, 0.15) is 5.82 Å². The molecule has 1 amide bonds. The molecular formula is C15H23N3O. The Bertz CT molecular complexity index is 457. The van der Waals surface area contributed by atoms with Crippen molar-refractivity contribution in [2.45, 2.75) is 33.1 Å². The molecule has 104 valence electrons. The van der Waals surface area contributed by atoms with Gasteiger partial charge in [0.15, 0.2) is 0 Å². The Labute approximate surface area is 115 Å². The van der Waals surface area contributed by atoms with Crippen molar-refractivity contribution in [1.82, 2.24) is 9.88 Å². The molecule has 1 saturated heterocycles. The van der Waals surface area contributed by atoms with Gasteiger partial charge in [-0.15, -0.1) is 0 Å². The zero-order valence-corrected chi connectivity index (χ0v) is 12.3. The molecule has 19 heavy (non-hydrogen) atoms. The Balaban J connectivity index is 2.10. The van der Waals surface area contributed by atoms with E-state index in [0.717, 1.165) is 37.7 Å². The highest BCUT2D eigenvalue weighted by molar-refractivity contribution is 5.73. The third kappa shape index (κ3) is 3.25. The van der Waals surface area contributed by atoms with Crippen LogP contribution in [0.3, 0.4) is 0 Å². The van der Waals surface area contributed by atoms with E-state index in [0.29, 0.717) is 0 Å². The molecule has 2 heterocycles. The fraction of sp³-hybridized carbons (Fsp3) is 0.600. The highest BCUT2D eigenvalue weighted by atomic mass is 16.2. The first-order valence-corrected chi connectivity index (χ1v) is 6.86. The van der Waals surface area contributed by atoms with Crippen LogP contribution in [0.15, 0.2) is 18.2 Å². The molecule has 0 N–H and O–H groups in total. The molecule has 1 aromatic heterocycles. The predicted molar refractivity (Wildman–Crippen MR) is 77.4 cm³/mol. The lowest BCUT2D eigenvalue weighted by Gasteiger charge is -2.35. The number of pyridine rings is 1. The molecule has 1 aromatic rings. The number of rotatable bonds is 1. The van der Waals surface area contributed by atoms with E-state index in [1.54, 1.807) is 6.92 Å². The number of hydrogen-bond acceptors (Lipinski definition) is 3. The van der Waals surface area contributed by atoms with Gasteiger partial charge in [-0.25, -0.2) is 4.98 Å². The summed E-state index contributed by atoms with van der Waals surface area (Å²) in [4.78, 5) is 20.2. The summed E-state index contributed by atoms with van der Waals surface area (Å²) in [6.45, 7) is 11.5. The summed E-state index contributed by atoms with van der Waals surface area (Å²) in [5.74, 6) is 1.19. The van der Waals surface area contributed by atoms with E-state index in [1.165, 1.54) is 0 Å². The Morgan fingerprint density at radius 3 is 2.32 bits per heavy atom. The van der Waals surface area contributed by atoms with Crippen LogP contribution in [0.5, 0.6) is 0 Å². The minimum atomic E-state index is 0.0667. The molecule has 0 spiro atoms. The van der Waals surface area contributed by atoms with Crippen LogP contribution in [0.1, 0.15) is 33.4 Å². The van der Waals surface area contributed by atoms with Gasteiger partial charge in [-0.05, 0) is 12.1 Å². The zero-order chi connectivity index (χ0) is 14.0. The first kappa shape index (κ1) is 13.8. The van der Waals surface area contributed by atoms with Gasteiger partial charge in [0, 0.05) is 44.2 Å². The summed E-state index contributed by atoms with van der Waals surface area (Å²) >= 11 is 0. The van der Waals surface area contributed by atoms with Crippen LogP contribution in [-0.2, 0) is 10.2 Å². The average Bonchev–Trinajstić information content (AvgIpc) is 2.38. The largest absolute Gasteiger partial charge is 0.353 e. The molecule has 2 rings (SSSR count). The molecule has 0 radical (unpaired) electrons. The molecule has 0 unspecified atom stereocenters. The van der Waals surface area contributed by atoms with Gasteiger partial charge in [-0.2, -0.15) is 0 Å². The molecular weight excluding hydrogens is 238 g/mol. The summed E-state index contributed by atoms with van der Waals surface area (Å²) in [5.41, 5.74) is 1.18. The molecule has 4 nitrogen and oxygen atoms in total. The van der Waals surface area contributed by atoms with E-state index in [9.17, 15) is 4.79 Å². The first-order chi connectivity index (χ1) is 8.88. The van der Waals surface area contributed by atoms with Gasteiger partial charge in [0.05, 0.1) is 0 Å². The minimum Gasteiger partial charge on any atom is -0.353 e. The molecule has 0 atom stereocenters. The van der Waals surface area contributed by atoms with Crippen molar-refractivity contribution in [3.63, 3.8) is 0 Å². The second-order valence-corrected chi connectivity index (χ2v) is 6.12. The second kappa shape index (κ2) is 5.19. The van der Waals surface area contributed by atoms with Crippen LogP contribution in [0.2, 0.25) is 0 Å². The molecule has 0 saturated carbocycles. The van der Waals surface area contributed by atoms with Crippen LogP contribution in [0, 0.1) is 0 Å². The maximum Gasteiger partial charge on any atom is 0.219 e. The third-order valence-corrected chi connectivity index (χ3v) is 3.55. The summed E-state index contributed by atoms with van der Waals surface area (Å²) in [7, 11) is 0. The van der Waals surface area contributed by atoms with Crippen LogP contribution in [0.4, 0.5) is 5.82 Å². The van der Waals surface area contributed by atoms with Gasteiger partial charge in [0.25, 0.3) is 0 Å². The predicted octanol–water partition coefficient (Wildman–Crippen LogP) is 2.05. The van der Waals surface area contributed by atoms with Gasteiger partial charge in [-0.1, -0.05) is 26.8 Å². The minimum absolute atomic E-state index is 0.0667. The van der Waals surface area contributed by atoms with Crippen molar-refractivity contribution in [3.8, 4) is 0 Å². The standard InChI is InChI=1S/C15H23N3O/c1-12(19)17-8-10-18(11-9-17)14-7-5-6-13(16-14)15(2,3)4/h5-7H,8-11H2,1-4H3. The fourth-order valence-electron chi connectivity index (χ4n) is 2.27. The lowest BCUT2D eigenvalue weighted by Crippen LogP contribution is -2.48. The number of carbonyl (C=O) groups excluding carboxylic acids is 1. The maximum absolute atomic E-state index is 11.3. The summed E-state index contributed by atoms with van der Waals surface area (Å²) < 4.78 is 0. The molecule has 1 aliphatic rings. The van der Waals surface area contributed by atoms with Gasteiger partial charge < -0.3 is 9.80 Å². The summed E-state index contributed by atoms with van der Waals surface area (Å²) in [5, 5.41) is 0. The van der Waals surface area contributed by atoms with Crippen LogP contribution >= 0.6 is 0 Å². The van der Waals surface area contributed by atoms with Crippen molar-refractivity contribution < 1.29 is 4.79 Å². The zero-order valence-electron chi connectivity index (χ0n) is 12.3. The molecule has 0 aliphatic carbocycles. The van der Waals surface area contributed by atoms with Crippen LogP contribution in [0.25, 0.3) is 0 Å². The van der Waals surface area contributed by atoms with Crippen molar-refractivity contribution in [3.05, 3.63) is 23.9 Å². The van der Waals surface area contributed by atoms with Crippen molar-refractivity contribution in [1.29, 1.82) is 0 Å². The Kier molecular flexibility index (Phi) is 3.78. The molecule has 1 fully saturated rings. The van der Waals surface area contributed by atoms with Crippen LogP contribution < -0.4 is 4.90 Å². The quantitative estimate of drug-likeness (QED) is 0.776. The fourth-order valence-corrected chi connectivity index (χ4v) is 2.27. The number of carbonyl (C=O) groups is 1. The first-order valence-electron chi connectivity index (χ1n) is 6.86. The highest BCUT2D eigenvalue weighted by Crippen LogP contribution is 2.23. The smallest absolute Gasteiger partial charge is 0.219 e. The molecule has 4 heteroatoms. The van der Waals surface area contributed by atoms with E-state index >= 15 is 0 Å². The highest BCUT2D eigenvalue weighted by Gasteiger charge is 2.21. The number of aromatic nitrogens is 1. The van der Waals surface area contributed by atoms with E-state index in [1.807, 2.05) is 4.90 Å². The monoisotopic (exact) mass is 261 g/mol. The number of anilines is 1. The molecule has 0 bridgehead atoms. The van der Waals surface area contributed by atoms with Gasteiger partial charge >= 0.3 is 0 Å². The normalized spacial score (nSPS) is 16.6. The topological polar surface area (TPSA) is 36.4 Å². The third-order valence-electron chi connectivity index (χ3n) is 3.55. The van der Waals surface area contributed by atoms with Gasteiger partial charge in [-0.3, -0.25) is 4.79 Å². The number of hydrogen-bond donors (Lipinski definition) is 0. The van der Waals surface area contributed by atoms with Crippen molar-refractivity contribution >= 4 is 11.7 Å². The van der Waals surface area contributed by atoms with Crippen LogP contribution in [-0.4, -0.2) is 42.0 Å². The lowest BCUT2D eigenvalue weighted by atomic mass is 9.92. The number of amides is 1. The van der Waals surface area contributed by atoms with E-state index < -0.39 is 0 Å². The average molecular weight is 261 g/mol. The number of nitrogens with zero attached hydrogens (tertiary/aromatic N) is 3. The SMILES string of the molecule is CC(=O)N1CCN(c2cccc(C(C)(C)C)n2)CC1. The van der Waals surface area contributed by atoms with E-state index in [2.05, 4.69) is 43.9 Å². The lowest BCUT2D eigenvalue weighted by molar-refractivity contribution is -0.129. The Morgan fingerprint density at radius 2 is 1.79 bits per heavy atom. The Hall–Kier alpha value is -1.58. The molecule has 1 aliphatic heterocycles. The second-order valence-electron chi connectivity index (χ2n) is 6.12. The summed E-state index contributed by atoms with van der Waals surface area (Å²) in [6.07, 6.45) is 0. The Morgan fingerprint density at radius 1 is 1.16 bits per heavy atom. The van der Waals surface area contributed by atoms with E-state index in [4.69, 9.17) is 4.98 Å². The van der Waals surface area contributed by atoms with E-state index in [-0.39, 0.29) is 11.3 Å². The summed E-state index contributed by atoms with van der Waals surface area (Å²) in [6, 6.07) is 6.20.